The fourth-order valence-corrected chi connectivity index (χ4v) is 1.43. The Hall–Kier alpha value is -1.88. The number of esters is 1. The molecule has 0 aliphatic heterocycles. The molecule has 0 radical (unpaired) electrons. The van der Waals surface area contributed by atoms with E-state index in [9.17, 15) is 4.79 Å². The first-order valence-corrected chi connectivity index (χ1v) is 4.85. The molecule has 0 N–H and O–H groups in total. The van der Waals surface area contributed by atoms with Crippen LogP contribution < -0.4 is 0 Å². The molecule has 0 spiro atoms. The maximum Gasteiger partial charge on any atom is 0.356 e. The number of methoxy groups -OCH3 is 1. The Kier molecular flexibility index (Phi) is 2.87. The maximum absolute atomic E-state index is 11.5. The maximum atomic E-state index is 11.5. The normalized spacial score (nSPS) is 10.1. The third-order valence-corrected chi connectivity index (χ3v) is 2.13. The molecule has 0 amide bonds. The van der Waals surface area contributed by atoms with Crippen molar-refractivity contribution in [1.29, 1.82) is 0 Å². The molecule has 2 heterocycles. The number of hydrogen-bond acceptors (Lipinski definition) is 4. The first-order chi connectivity index (χ1) is 7.72. The van der Waals surface area contributed by atoms with Crippen LogP contribution >= 0.6 is 11.6 Å². The lowest BCUT2D eigenvalue weighted by molar-refractivity contribution is 0.0590. The van der Waals surface area contributed by atoms with Crippen LogP contribution in [0.2, 0.25) is 5.15 Å². The average molecular weight is 238 g/mol. The van der Waals surface area contributed by atoms with Gasteiger partial charge < -0.3 is 4.74 Å². The number of carbonyl (C=O) groups is 1. The molecular weight excluding hydrogens is 230 g/mol. The predicted molar refractivity (Wildman–Crippen MR) is 57.7 cm³/mol. The Bertz CT molecular complexity index is 510. The zero-order valence-corrected chi connectivity index (χ0v) is 9.18. The third kappa shape index (κ3) is 1.90. The number of halogens is 1. The molecule has 0 saturated carbocycles. The van der Waals surface area contributed by atoms with Crippen molar-refractivity contribution in [3.63, 3.8) is 0 Å². The van der Waals surface area contributed by atoms with E-state index in [2.05, 4.69) is 14.8 Å². The van der Waals surface area contributed by atoms with E-state index in [1.807, 2.05) is 0 Å². The van der Waals surface area contributed by atoms with E-state index >= 15 is 0 Å². The molecule has 82 valence electrons. The smallest absolute Gasteiger partial charge is 0.356 e. The molecule has 2 rings (SSSR count). The second-order valence-corrected chi connectivity index (χ2v) is 3.33. The number of carbonyl (C=O) groups excluding carboxylic acids is 1. The van der Waals surface area contributed by atoms with Crippen LogP contribution in [0, 0.1) is 0 Å². The molecule has 0 aromatic carbocycles. The quantitative estimate of drug-likeness (QED) is 0.746. The molecule has 0 atom stereocenters. The summed E-state index contributed by atoms with van der Waals surface area (Å²) in [5.41, 5.74) is 0.242. The highest BCUT2D eigenvalue weighted by molar-refractivity contribution is 6.29. The van der Waals surface area contributed by atoms with Crippen molar-refractivity contribution in [1.82, 2.24) is 14.8 Å². The second kappa shape index (κ2) is 4.32. The van der Waals surface area contributed by atoms with Gasteiger partial charge in [0, 0.05) is 12.3 Å². The zero-order chi connectivity index (χ0) is 11.5. The van der Waals surface area contributed by atoms with Crippen LogP contribution in [0.1, 0.15) is 10.5 Å². The highest BCUT2D eigenvalue weighted by Gasteiger charge is 2.16. The van der Waals surface area contributed by atoms with Gasteiger partial charge in [-0.1, -0.05) is 17.7 Å². The SMILES string of the molecule is COC(=O)c1cc(Cl)nn1-c1ccccn1. The van der Waals surface area contributed by atoms with Crippen LogP contribution in [0.15, 0.2) is 30.5 Å². The minimum atomic E-state index is -0.509. The Labute approximate surface area is 96.6 Å². The van der Waals surface area contributed by atoms with E-state index in [4.69, 9.17) is 11.6 Å². The standard InChI is InChI=1S/C10H8ClN3O2/c1-16-10(15)7-6-8(11)13-14(7)9-4-2-3-5-12-9/h2-6H,1H3. The van der Waals surface area contributed by atoms with Crippen molar-refractivity contribution >= 4 is 17.6 Å². The molecule has 2 aromatic heterocycles. The summed E-state index contributed by atoms with van der Waals surface area (Å²) in [5.74, 6) is -0.000136. The van der Waals surface area contributed by atoms with Gasteiger partial charge in [0.05, 0.1) is 7.11 Å². The van der Waals surface area contributed by atoms with Crippen LogP contribution in [0.4, 0.5) is 0 Å². The molecule has 0 aliphatic carbocycles. The first kappa shape index (κ1) is 10.6. The molecule has 0 aliphatic rings. The Morgan fingerprint density at radius 2 is 2.31 bits per heavy atom. The summed E-state index contributed by atoms with van der Waals surface area (Å²) in [4.78, 5) is 15.5. The summed E-state index contributed by atoms with van der Waals surface area (Å²) in [6.45, 7) is 0. The van der Waals surface area contributed by atoms with E-state index in [1.54, 1.807) is 24.4 Å². The highest BCUT2D eigenvalue weighted by Crippen LogP contribution is 2.14. The van der Waals surface area contributed by atoms with Crippen LogP contribution in [0.3, 0.4) is 0 Å². The molecular formula is C10H8ClN3O2. The fraction of sp³-hybridized carbons (Fsp3) is 0.100. The van der Waals surface area contributed by atoms with Gasteiger partial charge in [0.1, 0.15) is 0 Å². The van der Waals surface area contributed by atoms with Crippen molar-refractivity contribution in [2.45, 2.75) is 0 Å². The van der Waals surface area contributed by atoms with Crippen molar-refractivity contribution in [3.8, 4) is 5.82 Å². The molecule has 0 saturated heterocycles. The van der Waals surface area contributed by atoms with Gasteiger partial charge in [0.25, 0.3) is 0 Å². The predicted octanol–water partition coefficient (Wildman–Crippen LogP) is 1.71. The largest absolute Gasteiger partial charge is 0.464 e. The van der Waals surface area contributed by atoms with E-state index in [0.717, 1.165) is 0 Å². The topological polar surface area (TPSA) is 57.0 Å². The van der Waals surface area contributed by atoms with Crippen molar-refractivity contribution in [2.75, 3.05) is 7.11 Å². The number of rotatable bonds is 2. The van der Waals surface area contributed by atoms with E-state index in [-0.39, 0.29) is 10.8 Å². The number of ether oxygens (including phenoxy) is 1. The summed E-state index contributed by atoms with van der Waals surface area (Å²) in [5, 5.41) is 4.18. The molecule has 0 bridgehead atoms. The molecule has 0 fully saturated rings. The lowest BCUT2D eigenvalue weighted by Crippen LogP contribution is -2.11. The van der Waals surface area contributed by atoms with E-state index in [0.29, 0.717) is 5.82 Å². The summed E-state index contributed by atoms with van der Waals surface area (Å²) < 4.78 is 5.97. The first-order valence-electron chi connectivity index (χ1n) is 4.47. The van der Waals surface area contributed by atoms with Gasteiger partial charge in [-0.2, -0.15) is 5.10 Å². The monoisotopic (exact) mass is 237 g/mol. The van der Waals surface area contributed by atoms with Crippen LogP contribution in [-0.4, -0.2) is 27.8 Å². The summed E-state index contributed by atoms with van der Waals surface area (Å²) in [6.07, 6.45) is 1.60. The van der Waals surface area contributed by atoms with Gasteiger partial charge in [-0.05, 0) is 12.1 Å². The van der Waals surface area contributed by atoms with Gasteiger partial charge in [-0.15, -0.1) is 0 Å². The van der Waals surface area contributed by atoms with Crippen molar-refractivity contribution < 1.29 is 9.53 Å². The molecule has 6 heteroatoms. The minimum absolute atomic E-state index is 0.214. The third-order valence-electron chi connectivity index (χ3n) is 1.94. The number of hydrogen-bond donors (Lipinski definition) is 0. The molecule has 0 unspecified atom stereocenters. The second-order valence-electron chi connectivity index (χ2n) is 2.94. The van der Waals surface area contributed by atoms with Crippen LogP contribution in [-0.2, 0) is 4.74 Å². The Balaban J connectivity index is 2.53. The summed E-state index contributed by atoms with van der Waals surface area (Å²) in [6, 6.07) is 6.71. The minimum Gasteiger partial charge on any atom is -0.464 e. The van der Waals surface area contributed by atoms with Gasteiger partial charge in [-0.3, -0.25) is 0 Å². The van der Waals surface area contributed by atoms with Crippen molar-refractivity contribution in [3.05, 3.63) is 41.3 Å². The Morgan fingerprint density at radius 1 is 1.50 bits per heavy atom. The fourth-order valence-electron chi connectivity index (χ4n) is 1.26. The van der Waals surface area contributed by atoms with Gasteiger partial charge in [0.2, 0.25) is 0 Å². The molecule has 16 heavy (non-hydrogen) atoms. The Morgan fingerprint density at radius 3 is 2.94 bits per heavy atom. The van der Waals surface area contributed by atoms with Gasteiger partial charge in [0.15, 0.2) is 16.7 Å². The van der Waals surface area contributed by atoms with Crippen LogP contribution in [0.25, 0.3) is 5.82 Å². The lowest BCUT2D eigenvalue weighted by atomic mass is 10.4. The number of aromatic nitrogens is 3. The zero-order valence-electron chi connectivity index (χ0n) is 8.42. The number of nitrogens with zero attached hydrogens (tertiary/aromatic N) is 3. The van der Waals surface area contributed by atoms with E-state index in [1.165, 1.54) is 17.9 Å². The van der Waals surface area contributed by atoms with Gasteiger partial charge >= 0.3 is 5.97 Å². The summed E-state index contributed by atoms with van der Waals surface area (Å²) in [7, 11) is 1.30. The van der Waals surface area contributed by atoms with Crippen molar-refractivity contribution in [2.24, 2.45) is 0 Å². The lowest BCUT2D eigenvalue weighted by Gasteiger charge is -2.03. The van der Waals surface area contributed by atoms with Crippen LogP contribution in [0.5, 0.6) is 0 Å². The number of pyridine rings is 1. The van der Waals surface area contributed by atoms with Gasteiger partial charge in [-0.25, -0.2) is 14.5 Å². The average Bonchev–Trinajstić information content (AvgIpc) is 2.71. The molecule has 5 nitrogen and oxygen atoms in total. The summed E-state index contributed by atoms with van der Waals surface area (Å²) >= 11 is 5.75. The van der Waals surface area contributed by atoms with E-state index < -0.39 is 5.97 Å². The molecule has 2 aromatic rings. The highest BCUT2D eigenvalue weighted by atomic mass is 35.5.